The van der Waals surface area contributed by atoms with Crippen molar-refractivity contribution in [2.75, 3.05) is 11.1 Å². The third-order valence-corrected chi connectivity index (χ3v) is 5.21. The van der Waals surface area contributed by atoms with Gasteiger partial charge in [0.25, 0.3) is 0 Å². The number of hydrogen-bond donors (Lipinski definition) is 5. The molecule has 1 unspecified atom stereocenters. The summed E-state index contributed by atoms with van der Waals surface area (Å²) in [6, 6.07) is 12.0. The monoisotopic (exact) mass is 412 g/mol. The number of carboxylic acids is 1. The molecule has 0 aliphatic carbocycles. The summed E-state index contributed by atoms with van der Waals surface area (Å²) in [6.45, 7) is 1.32. The van der Waals surface area contributed by atoms with Crippen molar-refractivity contribution in [1.82, 2.24) is 0 Å². The van der Waals surface area contributed by atoms with E-state index < -0.39 is 20.1 Å². The number of rotatable bonds is 4. The molecule has 10 heteroatoms. The number of amides is 1. The summed E-state index contributed by atoms with van der Waals surface area (Å²) in [7, 11) is 0. The molecule has 0 saturated carbocycles. The predicted octanol–water partition coefficient (Wildman–Crippen LogP) is 0.670. The van der Waals surface area contributed by atoms with Gasteiger partial charge in [0.1, 0.15) is 0 Å². The van der Waals surface area contributed by atoms with Crippen LogP contribution in [0.15, 0.2) is 48.5 Å². The quantitative estimate of drug-likeness (QED) is 0.212. The molecule has 9 nitrogen and oxygen atoms in total. The molecule has 2 aromatic rings. The number of nitrogens with two attached hydrogens (primary N) is 1. The fraction of sp³-hybridized carbons (Fsp3) is 0.0667. The van der Waals surface area contributed by atoms with Crippen molar-refractivity contribution in [1.29, 1.82) is 0 Å². The van der Waals surface area contributed by atoms with E-state index in [4.69, 9.17) is 16.1 Å². The average molecular weight is 412 g/mol. The zero-order valence-electron chi connectivity index (χ0n) is 13.1. The predicted molar refractivity (Wildman–Crippen MR) is 90.6 cm³/mol. The molecular formula is C15H17AsN2O7. The zero-order valence-corrected chi connectivity index (χ0v) is 15.0. The summed E-state index contributed by atoms with van der Waals surface area (Å²) in [5.41, 5.74) is 6.16. The largest absolute Gasteiger partial charge is 0.478 e. The Morgan fingerprint density at radius 2 is 1.80 bits per heavy atom. The zero-order chi connectivity index (χ0) is 19.0. The maximum Gasteiger partial charge on any atom is 0.337 e. The maximum atomic E-state index is 11.3. The molecule has 134 valence electrons. The van der Waals surface area contributed by atoms with Crippen molar-refractivity contribution in [3.05, 3.63) is 54.1 Å². The van der Waals surface area contributed by atoms with Crippen LogP contribution in [0.1, 0.15) is 17.3 Å². The molecule has 0 fully saturated rings. The van der Waals surface area contributed by atoms with Gasteiger partial charge in [-0.1, -0.05) is 12.1 Å². The molecule has 0 radical (unpaired) electrons. The molecule has 0 aliphatic heterocycles. The van der Waals surface area contributed by atoms with Crippen molar-refractivity contribution in [3.63, 3.8) is 0 Å². The van der Waals surface area contributed by atoms with Gasteiger partial charge >= 0.3 is 94.4 Å². The number of hydrogen-bond acceptors (Lipinski definition) is 6. The van der Waals surface area contributed by atoms with Gasteiger partial charge in [-0.3, -0.25) is 0 Å². The first-order valence-electron chi connectivity index (χ1n) is 6.79. The topological polar surface area (TPSA) is 159 Å². The summed E-state index contributed by atoms with van der Waals surface area (Å²) in [5.74, 6) is -1.28. The number of carbonyl (C=O) groups is 2. The van der Waals surface area contributed by atoms with Crippen molar-refractivity contribution in [3.8, 4) is 0 Å². The minimum atomic E-state index is -4.83. The summed E-state index contributed by atoms with van der Waals surface area (Å²) in [5, 5.41) is 19.2. The van der Waals surface area contributed by atoms with Gasteiger partial charge in [0.05, 0.1) is 5.56 Å². The van der Waals surface area contributed by atoms with Crippen molar-refractivity contribution >= 4 is 41.8 Å². The van der Waals surface area contributed by atoms with E-state index in [1.54, 1.807) is 24.3 Å². The van der Waals surface area contributed by atoms with Gasteiger partial charge < -0.3 is 10.8 Å². The van der Waals surface area contributed by atoms with Gasteiger partial charge in [-0.2, -0.15) is 0 Å². The van der Waals surface area contributed by atoms with Crippen LogP contribution in [0.4, 0.5) is 11.4 Å². The van der Waals surface area contributed by atoms with Crippen molar-refractivity contribution < 1.29 is 31.7 Å². The van der Waals surface area contributed by atoms with E-state index in [0.717, 1.165) is 0 Å². The first-order chi connectivity index (χ1) is 11.7. The summed E-state index contributed by atoms with van der Waals surface area (Å²) in [4.78, 5) is 21.1. The molecule has 0 spiro atoms. The van der Waals surface area contributed by atoms with E-state index in [0.29, 0.717) is 11.4 Å². The third-order valence-electron chi connectivity index (χ3n) is 2.79. The van der Waals surface area contributed by atoms with Gasteiger partial charge in [0.2, 0.25) is 0 Å². The molecule has 2 rings (SSSR count). The number of nitrogen functional groups attached to an aromatic ring is 1. The van der Waals surface area contributed by atoms with Crippen molar-refractivity contribution in [2.24, 2.45) is 0 Å². The Kier molecular flexibility index (Phi) is 7.40. The Morgan fingerprint density at radius 1 is 1.16 bits per heavy atom. The van der Waals surface area contributed by atoms with Crippen LogP contribution in [0.3, 0.4) is 0 Å². The van der Waals surface area contributed by atoms with Crippen LogP contribution in [-0.2, 0) is 12.4 Å². The average Bonchev–Trinajstić information content (AvgIpc) is 2.55. The fourth-order valence-electron chi connectivity index (χ4n) is 1.70. The van der Waals surface area contributed by atoms with E-state index in [-0.39, 0.29) is 15.8 Å². The Morgan fingerprint density at radius 3 is 2.28 bits per heavy atom. The molecule has 0 aromatic heterocycles. The van der Waals surface area contributed by atoms with E-state index in [2.05, 4.69) is 9.19 Å². The summed E-state index contributed by atoms with van der Waals surface area (Å²) < 4.78 is 23.9. The number of nitrogens with one attached hydrogen (secondary N) is 1. The molecular weight excluding hydrogens is 395 g/mol. The third kappa shape index (κ3) is 6.44. The second-order valence-electron chi connectivity index (χ2n) is 4.73. The second kappa shape index (κ2) is 9.05. The van der Waals surface area contributed by atoms with Crippen LogP contribution in [0.5, 0.6) is 0 Å². The van der Waals surface area contributed by atoms with Gasteiger partial charge in [-0.05, 0) is 12.1 Å². The van der Waals surface area contributed by atoms with E-state index in [9.17, 15) is 17.4 Å². The first-order valence-corrected chi connectivity index (χ1v) is 10.1. The van der Waals surface area contributed by atoms with Crippen LogP contribution in [0, 0.1) is 0 Å². The standard InChI is InChI=1S/C8H10AsNO5.C7H7NO2/c1-6(11)10-8-4-2-3-7(5-8)9(12,13)15-14;8-6-4-2-1-3-5(6)7(9)10/h2-5,14H,1H3,(H,10,11)(H,12,13);1-4H,8H2,(H,9,10). The SMILES string of the molecule is CC(=O)Nc1cccc([As](=O)(O)OO)c1.Nc1ccccc1C(=O)O. The number of benzene rings is 2. The molecule has 2 aromatic carbocycles. The van der Waals surface area contributed by atoms with Gasteiger partial charge in [-0.25, -0.2) is 4.79 Å². The first kappa shape index (κ1) is 20.5. The van der Waals surface area contributed by atoms with Crippen LogP contribution < -0.4 is 15.4 Å². The van der Waals surface area contributed by atoms with Crippen LogP contribution in [-0.4, -0.2) is 40.5 Å². The molecule has 6 N–H and O–H groups in total. The number of carboxylic acid groups (broad SMARTS) is 1. The Labute approximate surface area is 146 Å². The van der Waals surface area contributed by atoms with Crippen LogP contribution in [0.2, 0.25) is 0 Å². The van der Waals surface area contributed by atoms with Gasteiger partial charge in [0.15, 0.2) is 0 Å². The maximum absolute atomic E-state index is 11.3. The van der Waals surface area contributed by atoms with E-state index >= 15 is 0 Å². The van der Waals surface area contributed by atoms with Crippen molar-refractivity contribution in [2.45, 2.75) is 6.92 Å². The van der Waals surface area contributed by atoms with Crippen LogP contribution in [0.25, 0.3) is 0 Å². The molecule has 0 bridgehead atoms. The van der Waals surface area contributed by atoms with Gasteiger partial charge in [-0.15, -0.1) is 0 Å². The smallest absolute Gasteiger partial charge is 0.337 e. The number of para-hydroxylation sites is 1. The van der Waals surface area contributed by atoms with E-state index in [1.807, 2.05) is 0 Å². The molecule has 0 heterocycles. The summed E-state index contributed by atoms with van der Waals surface area (Å²) >= 11 is -4.83. The number of carbonyl (C=O) groups excluding carboxylic acids is 1. The van der Waals surface area contributed by atoms with Crippen LogP contribution >= 0.6 is 0 Å². The Bertz CT molecular complexity index is 810. The molecule has 25 heavy (non-hydrogen) atoms. The molecule has 0 aliphatic rings. The molecule has 1 amide bonds. The Balaban J connectivity index is 0.000000271. The minimum Gasteiger partial charge on any atom is -0.478 e. The number of aromatic carboxylic acids is 1. The Hall–Kier alpha value is -2.58. The number of anilines is 2. The molecule has 1 atom stereocenters. The molecule has 0 saturated heterocycles. The van der Waals surface area contributed by atoms with E-state index in [1.165, 1.54) is 31.2 Å². The van der Waals surface area contributed by atoms with Gasteiger partial charge in [0, 0.05) is 5.69 Å². The normalized spacial score (nSPS) is 12.3. The second-order valence-corrected chi connectivity index (χ2v) is 8.34. The fourth-order valence-corrected chi connectivity index (χ4v) is 3.11. The minimum absolute atomic E-state index is 0.0399. The summed E-state index contributed by atoms with van der Waals surface area (Å²) in [6.07, 6.45) is 0.